The highest BCUT2D eigenvalue weighted by molar-refractivity contribution is 5.94. The summed E-state index contributed by atoms with van der Waals surface area (Å²) < 4.78 is 13.4. The summed E-state index contributed by atoms with van der Waals surface area (Å²) in [5, 5.41) is 9.61. The van der Waals surface area contributed by atoms with Crippen LogP contribution in [0.2, 0.25) is 0 Å². The molecule has 0 fully saturated rings. The summed E-state index contributed by atoms with van der Waals surface area (Å²) in [6, 6.07) is 10.9. The molecule has 2 aromatic heterocycles. The number of pyridine rings is 1. The van der Waals surface area contributed by atoms with Crippen molar-refractivity contribution in [2.24, 2.45) is 0 Å². The smallest absolute Gasteiger partial charge is 0.254 e. The van der Waals surface area contributed by atoms with Crippen molar-refractivity contribution >= 4 is 5.91 Å². The molecule has 6 nitrogen and oxygen atoms in total. The van der Waals surface area contributed by atoms with E-state index in [1.165, 1.54) is 12.3 Å². The summed E-state index contributed by atoms with van der Waals surface area (Å²) >= 11 is 0. The van der Waals surface area contributed by atoms with Gasteiger partial charge in [-0.25, -0.2) is 9.37 Å². The fourth-order valence-electron chi connectivity index (χ4n) is 2.07. The summed E-state index contributed by atoms with van der Waals surface area (Å²) in [7, 11) is 0. The highest BCUT2D eigenvalue weighted by Crippen LogP contribution is 2.13. The lowest BCUT2D eigenvalue weighted by atomic mass is 10.2. The van der Waals surface area contributed by atoms with E-state index in [1.807, 2.05) is 30.3 Å². The van der Waals surface area contributed by atoms with E-state index < -0.39 is 11.7 Å². The molecule has 3 rings (SSSR count). The maximum atomic E-state index is 13.4. The zero-order valence-electron chi connectivity index (χ0n) is 12.2. The van der Waals surface area contributed by atoms with E-state index in [-0.39, 0.29) is 5.56 Å². The summed E-state index contributed by atoms with van der Waals surface area (Å²) in [4.78, 5) is 19.8. The fourth-order valence-corrected chi connectivity index (χ4v) is 2.07. The second-order valence-corrected chi connectivity index (χ2v) is 4.83. The lowest BCUT2D eigenvalue weighted by molar-refractivity contribution is 0.0950. The predicted molar refractivity (Wildman–Crippen MR) is 82.1 cm³/mol. The van der Waals surface area contributed by atoms with Crippen LogP contribution in [0.3, 0.4) is 0 Å². The molecule has 3 aromatic rings. The Hall–Kier alpha value is -3.09. The third-order valence-corrected chi connectivity index (χ3v) is 3.23. The second-order valence-electron chi connectivity index (χ2n) is 4.83. The molecule has 23 heavy (non-hydrogen) atoms. The van der Waals surface area contributed by atoms with Crippen LogP contribution in [0.15, 0.2) is 48.8 Å². The van der Waals surface area contributed by atoms with Crippen LogP contribution in [0.5, 0.6) is 0 Å². The molecule has 0 bridgehead atoms. The molecule has 0 aliphatic rings. The van der Waals surface area contributed by atoms with Crippen LogP contribution >= 0.6 is 0 Å². The van der Waals surface area contributed by atoms with E-state index in [2.05, 4.69) is 25.5 Å². The van der Waals surface area contributed by atoms with Crippen LogP contribution in [0.25, 0.3) is 11.4 Å². The zero-order chi connectivity index (χ0) is 16.1. The Bertz CT molecular complexity index is 803. The van der Waals surface area contributed by atoms with Gasteiger partial charge in [0.2, 0.25) is 0 Å². The van der Waals surface area contributed by atoms with Crippen molar-refractivity contribution in [1.82, 2.24) is 25.5 Å². The number of halogens is 1. The first-order chi connectivity index (χ1) is 11.2. The van der Waals surface area contributed by atoms with Crippen molar-refractivity contribution in [3.63, 3.8) is 0 Å². The number of amides is 1. The number of hydrogen-bond donors (Lipinski definition) is 2. The van der Waals surface area contributed by atoms with Gasteiger partial charge in [0, 0.05) is 24.7 Å². The van der Waals surface area contributed by atoms with Gasteiger partial charge in [0.1, 0.15) is 5.82 Å². The number of nitrogens with zero attached hydrogens (tertiary/aromatic N) is 3. The van der Waals surface area contributed by atoms with Gasteiger partial charge >= 0.3 is 0 Å². The van der Waals surface area contributed by atoms with Crippen molar-refractivity contribution in [1.29, 1.82) is 0 Å². The van der Waals surface area contributed by atoms with Crippen molar-refractivity contribution in [3.8, 4) is 11.4 Å². The number of aromatic nitrogens is 4. The zero-order valence-corrected chi connectivity index (χ0v) is 12.2. The number of benzene rings is 1. The molecule has 0 atom stereocenters. The van der Waals surface area contributed by atoms with Gasteiger partial charge in [-0.15, -0.1) is 0 Å². The largest absolute Gasteiger partial charge is 0.351 e. The third-order valence-electron chi connectivity index (χ3n) is 3.23. The third kappa shape index (κ3) is 3.57. The van der Waals surface area contributed by atoms with E-state index >= 15 is 0 Å². The molecular formula is C16H14FN5O. The van der Waals surface area contributed by atoms with Gasteiger partial charge in [0.25, 0.3) is 5.91 Å². The van der Waals surface area contributed by atoms with E-state index in [1.54, 1.807) is 0 Å². The maximum absolute atomic E-state index is 13.4. The maximum Gasteiger partial charge on any atom is 0.254 e. The lowest BCUT2D eigenvalue weighted by Gasteiger charge is -2.04. The molecule has 0 aliphatic heterocycles. The molecule has 2 heterocycles. The Morgan fingerprint density at radius 3 is 2.83 bits per heavy atom. The topological polar surface area (TPSA) is 83.6 Å². The molecule has 1 amide bonds. The first-order valence-electron chi connectivity index (χ1n) is 7.08. The monoisotopic (exact) mass is 311 g/mol. The molecule has 116 valence electrons. The number of nitrogens with one attached hydrogen (secondary N) is 2. The number of carbonyl (C=O) groups is 1. The predicted octanol–water partition coefficient (Wildman–Crippen LogP) is 1.98. The highest BCUT2D eigenvalue weighted by atomic mass is 19.1. The van der Waals surface area contributed by atoms with Crippen LogP contribution in [0.4, 0.5) is 4.39 Å². The van der Waals surface area contributed by atoms with E-state index in [0.717, 1.165) is 11.8 Å². The molecule has 2 N–H and O–H groups in total. The average Bonchev–Trinajstić information content (AvgIpc) is 3.05. The van der Waals surface area contributed by atoms with Crippen LogP contribution in [0.1, 0.15) is 16.2 Å². The number of carbonyl (C=O) groups excluding carboxylic acids is 1. The van der Waals surface area contributed by atoms with Gasteiger partial charge in [0.05, 0.1) is 11.8 Å². The summed E-state index contributed by atoms with van der Waals surface area (Å²) in [6.45, 7) is 0.323. The van der Waals surface area contributed by atoms with Gasteiger partial charge < -0.3 is 5.32 Å². The molecule has 0 aliphatic carbocycles. The number of aromatic amines is 1. The van der Waals surface area contributed by atoms with Gasteiger partial charge in [-0.3, -0.25) is 14.9 Å². The molecule has 1 aromatic carbocycles. The normalized spacial score (nSPS) is 10.5. The number of rotatable bonds is 5. The van der Waals surface area contributed by atoms with Gasteiger partial charge in [-0.2, -0.15) is 5.10 Å². The highest BCUT2D eigenvalue weighted by Gasteiger charge is 2.11. The number of hydrogen-bond acceptors (Lipinski definition) is 4. The summed E-state index contributed by atoms with van der Waals surface area (Å²) in [5.41, 5.74) is 0.889. The van der Waals surface area contributed by atoms with E-state index in [0.29, 0.717) is 24.6 Å². The fraction of sp³-hybridized carbons (Fsp3) is 0.125. The van der Waals surface area contributed by atoms with Crippen LogP contribution in [0, 0.1) is 5.82 Å². The quantitative estimate of drug-likeness (QED) is 0.754. The standard InChI is InChI=1S/C16H14FN5O/c17-13-10-18-8-6-12(13)16(23)19-9-7-14-20-15(22-21-14)11-4-2-1-3-5-11/h1-6,8,10H,7,9H2,(H,19,23)(H,20,21,22). The first kappa shape index (κ1) is 14.8. The summed E-state index contributed by atoms with van der Waals surface area (Å²) in [6.07, 6.45) is 2.86. The molecule has 0 radical (unpaired) electrons. The van der Waals surface area contributed by atoms with Gasteiger partial charge in [0.15, 0.2) is 11.6 Å². The average molecular weight is 311 g/mol. The SMILES string of the molecule is O=C(NCCc1nc(-c2ccccc2)n[nH]1)c1ccncc1F. The second kappa shape index (κ2) is 6.78. The van der Waals surface area contributed by atoms with Crippen molar-refractivity contribution in [2.45, 2.75) is 6.42 Å². The minimum Gasteiger partial charge on any atom is -0.351 e. The Labute approximate surface area is 131 Å². The van der Waals surface area contributed by atoms with Gasteiger partial charge in [-0.05, 0) is 6.07 Å². The minimum atomic E-state index is -0.643. The van der Waals surface area contributed by atoms with Crippen LogP contribution < -0.4 is 5.32 Å². The van der Waals surface area contributed by atoms with Crippen LogP contribution in [-0.4, -0.2) is 32.6 Å². The van der Waals surface area contributed by atoms with Crippen LogP contribution in [-0.2, 0) is 6.42 Å². The minimum absolute atomic E-state index is 0.0254. The Balaban J connectivity index is 1.56. The summed E-state index contributed by atoms with van der Waals surface area (Å²) in [5.74, 6) is 0.134. The molecule has 0 spiro atoms. The Kier molecular flexibility index (Phi) is 4.37. The molecule has 7 heteroatoms. The molecular weight excluding hydrogens is 297 g/mol. The number of H-pyrrole nitrogens is 1. The first-order valence-corrected chi connectivity index (χ1v) is 7.08. The Morgan fingerprint density at radius 1 is 1.22 bits per heavy atom. The van der Waals surface area contributed by atoms with E-state index in [4.69, 9.17) is 0 Å². The lowest BCUT2D eigenvalue weighted by Crippen LogP contribution is -2.26. The molecule has 0 saturated heterocycles. The van der Waals surface area contributed by atoms with Crippen molar-refractivity contribution in [2.75, 3.05) is 6.54 Å². The molecule has 0 unspecified atom stereocenters. The molecule has 0 saturated carbocycles. The van der Waals surface area contributed by atoms with Crippen molar-refractivity contribution < 1.29 is 9.18 Å². The van der Waals surface area contributed by atoms with E-state index in [9.17, 15) is 9.18 Å². The van der Waals surface area contributed by atoms with Crippen molar-refractivity contribution in [3.05, 3.63) is 66.0 Å². The Morgan fingerprint density at radius 2 is 2.04 bits per heavy atom. The van der Waals surface area contributed by atoms with Gasteiger partial charge in [-0.1, -0.05) is 30.3 Å².